The van der Waals surface area contributed by atoms with Gasteiger partial charge in [0.15, 0.2) is 0 Å². The van der Waals surface area contributed by atoms with Crippen LogP contribution in [0.25, 0.3) is 0 Å². The summed E-state index contributed by atoms with van der Waals surface area (Å²) < 4.78 is 0. The summed E-state index contributed by atoms with van der Waals surface area (Å²) in [6.45, 7) is 3.91. The number of likely N-dealkylation sites (tertiary alicyclic amines) is 1. The second-order valence-electron chi connectivity index (χ2n) is 4.62. The second kappa shape index (κ2) is 6.20. The van der Waals surface area contributed by atoms with Crippen LogP contribution in [0, 0.1) is 0 Å². The van der Waals surface area contributed by atoms with Crippen molar-refractivity contribution < 1.29 is 9.90 Å². The molecule has 1 aliphatic rings. The van der Waals surface area contributed by atoms with Gasteiger partial charge >= 0.3 is 6.03 Å². The lowest BCUT2D eigenvalue weighted by molar-refractivity contribution is 0.0842. The van der Waals surface area contributed by atoms with E-state index in [2.05, 4.69) is 24.4 Å². The summed E-state index contributed by atoms with van der Waals surface area (Å²) in [5, 5.41) is 12.4. The van der Waals surface area contributed by atoms with E-state index < -0.39 is 0 Å². The fourth-order valence-corrected chi connectivity index (χ4v) is 3.02. The number of thiophene rings is 1. The topological polar surface area (TPSA) is 52.6 Å². The Morgan fingerprint density at radius 3 is 3.00 bits per heavy atom. The van der Waals surface area contributed by atoms with Gasteiger partial charge < -0.3 is 15.3 Å². The number of aliphatic hydroxyl groups is 1. The van der Waals surface area contributed by atoms with E-state index in [1.807, 2.05) is 0 Å². The summed E-state index contributed by atoms with van der Waals surface area (Å²) in [7, 11) is 0. The van der Waals surface area contributed by atoms with Crippen LogP contribution in [0.15, 0.2) is 12.1 Å². The Balaban J connectivity index is 1.80. The number of amides is 2. The summed E-state index contributed by atoms with van der Waals surface area (Å²) >= 11 is 1.74. The van der Waals surface area contributed by atoms with E-state index in [0.717, 1.165) is 25.8 Å². The molecule has 1 atom stereocenters. The molecule has 0 aliphatic carbocycles. The smallest absolute Gasteiger partial charge is 0.317 e. The number of aliphatic hydroxyl groups excluding tert-OH is 1. The van der Waals surface area contributed by atoms with E-state index in [4.69, 9.17) is 0 Å². The van der Waals surface area contributed by atoms with E-state index in [-0.39, 0.29) is 12.1 Å². The normalized spacial score (nSPS) is 19.9. The number of carbonyl (C=O) groups excluding carboxylic acids is 1. The number of hydrogen-bond acceptors (Lipinski definition) is 3. The zero-order chi connectivity index (χ0) is 13.0. The Hall–Kier alpha value is -1.07. The molecule has 100 valence electrons. The molecule has 2 amide bonds. The van der Waals surface area contributed by atoms with Crippen molar-refractivity contribution in [1.82, 2.24) is 10.2 Å². The van der Waals surface area contributed by atoms with Crippen molar-refractivity contribution in [2.75, 3.05) is 13.1 Å². The lowest BCUT2D eigenvalue weighted by Gasteiger charge is -2.30. The quantitative estimate of drug-likeness (QED) is 0.880. The Morgan fingerprint density at radius 1 is 1.56 bits per heavy atom. The third-order valence-corrected chi connectivity index (χ3v) is 4.39. The van der Waals surface area contributed by atoms with Crippen LogP contribution >= 0.6 is 11.3 Å². The highest BCUT2D eigenvalue weighted by Gasteiger charge is 2.21. The van der Waals surface area contributed by atoms with Crippen LogP contribution in [0.5, 0.6) is 0 Å². The molecule has 2 rings (SSSR count). The first-order chi connectivity index (χ1) is 8.69. The van der Waals surface area contributed by atoms with Crippen molar-refractivity contribution in [2.45, 2.75) is 38.8 Å². The van der Waals surface area contributed by atoms with E-state index in [1.54, 1.807) is 16.2 Å². The number of nitrogens with zero attached hydrogens (tertiary/aromatic N) is 1. The van der Waals surface area contributed by atoms with Crippen LogP contribution in [-0.2, 0) is 13.0 Å². The molecule has 0 spiro atoms. The van der Waals surface area contributed by atoms with Crippen molar-refractivity contribution in [3.8, 4) is 0 Å². The number of piperidine rings is 1. The van der Waals surface area contributed by atoms with Gasteiger partial charge in [-0.2, -0.15) is 0 Å². The minimum absolute atomic E-state index is 0.0693. The van der Waals surface area contributed by atoms with Crippen LogP contribution < -0.4 is 5.32 Å². The molecular formula is C13H20N2O2S. The molecule has 0 saturated carbocycles. The van der Waals surface area contributed by atoms with Gasteiger partial charge in [0.2, 0.25) is 0 Å². The fraction of sp³-hybridized carbons (Fsp3) is 0.615. The molecule has 18 heavy (non-hydrogen) atoms. The van der Waals surface area contributed by atoms with Gasteiger partial charge in [0, 0.05) is 22.8 Å². The molecule has 1 saturated heterocycles. The lowest BCUT2D eigenvalue weighted by atomic mass is 10.1. The molecule has 2 heterocycles. The number of nitrogens with one attached hydrogen (secondary N) is 1. The molecule has 4 nitrogen and oxygen atoms in total. The van der Waals surface area contributed by atoms with Gasteiger partial charge in [0.05, 0.1) is 12.6 Å². The summed E-state index contributed by atoms with van der Waals surface area (Å²) in [6, 6.07) is 4.10. The number of β-amino-alcohol motifs (C(OH)–C–C–N with tert-alkyl or cyclic N) is 1. The van der Waals surface area contributed by atoms with Gasteiger partial charge in [-0.25, -0.2) is 4.79 Å². The monoisotopic (exact) mass is 268 g/mol. The molecule has 1 unspecified atom stereocenters. The molecule has 5 heteroatoms. The Bertz CT molecular complexity index is 405. The third kappa shape index (κ3) is 3.46. The maximum Gasteiger partial charge on any atom is 0.317 e. The predicted molar refractivity (Wildman–Crippen MR) is 72.7 cm³/mol. The highest BCUT2D eigenvalue weighted by atomic mass is 32.1. The average Bonchev–Trinajstić information content (AvgIpc) is 2.84. The van der Waals surface area contributed by atoms with Crippen LogP contribution in [0.1, 0.15) is 29.5 Å². The lowest BCUT2D eigenvalue weighted by Crippen LogP contribution is -2.46. The van der Waals surface area contributed by atoms with Gasteiger partial charge in [-0.1, -0.05) is 6.92 Å². The molecule has 0 aromatic carbocycles. The van der Waals surface area contributed by atoms with Crippen LogP contribution in [0.4, 0.5) is 4.79 Å². The standard InChI is InChI=1S/C13H20N2O2S/c1-2-11-5-6-12(18-11)8-14-13(17)15-7-3-4-10(16)9-15/h5-6,10,16H,2-4,7-9H2,1H3,(H,14,17). The maximum absolute atomic E-state index is 11.9. The predicted octanol–water partition coefficient (Wildman–Crippen LogP) is 1.98. The fourth-order valence-electron chi connectivity index (χ4n) is 2.12. The number of urea groups is 1. The summed E-state index contributed by atoms with van der Waals surface area (Å²) in [6.07, 6.45) is 2.36. The van der Waals surface area contributed by atoms with Crippen molar-refractivity contribution in [2.24, 2.45) is 0 Å². The second-order valence-corrected chi connectivity index (χ2v) is 5.88. The van der Waals surface area contributed by atoms with Crippen LogP contribution in [0.3, 0.4) is 0 Å². The van der Waals surface area contributed by atoms with Gasteiger partial charge in [-0.05, 0) is 31.4 Å². The minimum Gasteiger partial charge on any atom is -0.391 e. The van der Waals surface area contributed by atoms with Crippen LogP contribution in [-0.4, -0.2) is 35.2 Å². The molecule has 1 aromatic heterocycles. The van der Waals surface area contributed by atoms with Gasteiger partial charge in [0.25, 0.3) is 0 Å². The summed E-state index contributed by atoms with van der Waals surface area (Å²) in [5.74, 6) is 0. The number of rotatable bonds is 3. The number of hydrogen-bond donors (Lipinski definition) is 2. The first kappa shape index (κ1) is 13.4. The zero-order valence-corrected chi connectivity index (χ0v) is 11.5. The molecular weight excluding hydrogens is 248 g/mol. The maximum atomic E-state index is 11.9. The van der Waals surface area contributed by atoms with Gasteiger partial charge in [0.1, 0.15) is 0 Å². The van der Waals surface area contributed by atoms with E-state index in [0.29, 0.717) is 13.1 Å². The molecule has 2 N–H and O–H groups in total. The molecule has 1 aliphatic heterocycles. The number of carbonyl (C=O) groups is 1. The Morgan fingerprint density at radius 2 is 2.33 bits per heavy atom. The largest absolute Gasteiger partial charge is 0.391 e. The van der Waals surface area contributed by atoms with Crippen molar-refractivity contribution in [3.63, 3.8) is 0 Å². The number of aryl methyl sites for hydroxylation is 1. The SMILES string of the molecule is CCc1ccc(CNC(=O)N2CCCC(O)C2)s1. The Kier molecular flexibility index (Phi) is 4.60. The first-order valence-electron chi connectivity index (χ1n) is 6.47. The van der Waals surface area contributed by atoms with Gasteiger partial charge in [-0.15, -0.1) is 11.3 Å². The van der Waals surface area contributed by atoms with Crippen molar-refractivity contribution in [3.05, 3.63) is 21.9 Å². The third-order valence-electron chi connectivity index (χ3n) is 3.16. The van der Waals surface area contributed by atoms with E-state index >= 15 is 0 Å². The zero-order valence-electron chi connectivity index (χ0n) is 10.7. The van der Waals surface area contributed by atoms with E-state index in [1.165, 1.54) is 9.75 Å². The summed E-state index contributed by atoms with van der Waals surface area (Å²) in [5.41, 5.74) is 0. The average molecular weight is 268 g/mol. The molecule has 1 aromatic rings. The van der Waals surface area contributed by atoms with Gasteiger partial charge in [-0.3, -0.25) is 0 Å². The Labute approximate surface area is 112 Å². The molecule has 1 fully saturated rings. The first-order valence-corrected chi connectivity index (χ1v) is 7.29. The minimum atomic E-state index is -0.363. The molecule has 0 bridgehead atoms. The van der Waals surface area contributed by atoms with E-state index in [9.17, 15) is 9.90 Å². The summed E-state index contributed by atoms with van der Waals surface area (Å²) in [4.78, 5) is 16.1. The van der Waals surface area contributed by atoms with Crippen LogP contribution in [0.2, 0.25) is 0 Å². The van der Waals surface area contributed by atoms with Crippen molar-refractivity contribution in [1.29, 1.82) is 0 Å². The molecule has 0 radical (unpaired) electrons. The highest BCUT2D eigenvalue weighted by Crippen LogP contribution is 2.17. The van der Waals surface area contributed by atoms with Crippen molar-refractivity contribution >= 4 is 17.4 Å². The highest BCUT2D eigenvalue weighted by molar-refractivity contribution is 7.11.